The van der Waals surface area contributed by atoms with Crippen molar-refractivity contribution in [1.29, 1.82) is 0 Å². The number of ether oxygens (including phenoxy) is 3. The van der Waals surface area contributed by atoms with Gasteiger partial charge in [-0.2, -0.15) is 0 Å². The molecule has 0 saturated heterocycles. The lowest BCUT2D eigenvalue weighted by molar-refractivity contribution is -0.159. The lowest BCUT2D eigenvalue weighted by atomic mass is 9.86. The maximum Gasteiger partial charge on any atom is 0.328 e. The minimum atomic E-state index is -1.45. The van der Waals surface area contributed by atoms with Gasteiger partial charge in [-0.05, 0) is 31.0 Å². The number of aromatic hydroxyl groups is 2. The van der Waals surface area contributed by atoms with E-state index in [2.05, 4.69) is 0 Å². The maximum atomic E-state index is 13.1. The molecule has 2 aliphatic heterocycles. The minimum absolute atomic E-state index is 0.0201. The third-order valence-corrected chi connectivity index (χ3v) is 6.40. The summed E-state index contributed by atoms with van der Waals surface area (Å²) in [6.07, 6.45) is -0.876. The first-order chi connectivity index (χ1) is 17.8. The number of nitrogens with zero attached hydrogens (tertiary/aromatic N) is 1. The van der Waals surface area contributed by atoms with Crippen LogP contribution in [-0.4, -0.2) is 33.1 Å². The van der Waals surface area contributed by atoms with Crippen molar-refractivity contribution in [3.63, 3.8) is 0 Å². The number of carbonyl (C=O) groups excluding carboxylic acids is 1. The second kappa shape index (κ2) is 9.55. The van der Waals surface area contributed by atoms with Crippen LogP contribution in [-0.2, 0) is 16.0 Å². The Balaban J connectivity index is 1.54. The van der Waals surface area contributed by atoms with Crippen molar-refractivity contribution < 1.29 is 29.2 Å². The second-order valence-corrected chi connectivity index (χ2v) is 9.27. The molecule has 2 bridgehead atoms. The van der Waals surface area contributed by atoms with E-state index in [-0.39, 0.29) is 25.0 Å². The molecule has 3 aromatic carbocycles. The van der Waals surface area contributed by atoms with Crippen molar-refractivity contribution in [3.8, 4) is 45.5 Å². The zero-order chi connectivity index (χ0) is 26.2. The SMILES string of the molecule is CC(OC(=O)[C@@](C)(N)Cc1cc2c(-c3ccccc3)c(-c3ccccc3)c1OCO2)n1c(O)ccc1O. The molecule has 3 heterocycles. The van der Waals surface area contributed by atoms with Gasteiger partial charge in [0.1, 0.15) is 17.0 Å². The van der Waals surface area contributed by atoms with Crippen molar-refractivity contribution in [2.24, 2.45) is 5.73 Å². The first kappa shape index (κ1) is 24.3. The largest absolute Gasteiger partial charge is 0.494 e. The van der Waals surface area contributed by atoms with Gasteiger partial charge in [-0.15, -0.1) is 0 Å². The fraction of sp³-hybridized carbons (Fsp3) is 0.207. The number of rotatable bonds is 7. The van der Waals surface area contributed by atoms with Crippen molar-refractivity contribution >= 4 is 5.97 Å². The summed E-state index contributed by atoms with van der Waals surface area (Å²) in [7, 11) is 0. The Morgan fingerprint density at radius 1 is 0.973 bits per heavy atom. The molecule has 190 valence electrons. The van der Waals surface area contributed by atoms with Gasteiger partial charge in [0.15, 0.2) is 18.0 Å². The summed E-state index contributed by atoms with van der Waals surface area (Å²) in [6, 6.07) is 24.3. The first-order valence-corrected chi connectivity index (χ1v) is 11.9. The zero-order valence-corrected chi connectivity index (χ0v) is 20.5. The molecule has 0 fully saturated rings. The Labute approximate surface area is 214 Å². The van der Waals surface area contributed by atoms with E-state index in [0.29, 0.717) is 17.1 Å². The highest BCUT2D eigenvalue weighted by Crippen LogP contribution is 2.49. The Morgan fingerprint density at radius 2 is 1.54 bits per heavy atom. The topological polar surface area (TPSA) is 116 Å². The summed E-state index contributed by atoms with van der Waals surface area (Å²) >= 11 is 0. The van der Waals surface area contributed by atoms with Crippen molar-refractivity contribution in [2.75, 3.05) is 6.79 Å². The molecule has 8 nitrogen and oxygen atoms in total. The predicted octanol–water partition coefficient (Wildman–Crippen LogP) is 4.98. The van der Waals surface area contributed by atoms with Crippen LogP contribution in [0.2, 0.25) is 0 Å². The maximum absolute atomic E-state index is 13.1. The van der Waals surface area contributed by atoms with Gasteiger partial charge in [-0.25, -0.2) is 9.36 Å². The van der Waals surface area contributed by atoms with Gasteiger partial charge in [0.25, 0.3) is 0 Å². The molecule has 0 amide bonds. The van der Waals surface area contributed by atoms with Crippen LogP contribution >= 0.6 is 0 Å². The molecular formula is C29H28N2O6. The molecule has 0 saturated carbocycles. The third-order valence-electron chi connectivity index (χ3n) is 6.40. The second-order valence-electron chi connectivity index (χ2n) is 9.27. The number of hydrogen-bond acceptors (Lipinski definition) is 7. The van der Waals surface area contributed by atoms with Gasteiger partial charge >= 0.3 is 5.97 Å². The number of aromatic nitrogens is 1. The lowest BCUT2D eigenvalue weighted by Gasteiger charge is -2.27. The normalized spacial score (nSPS) is 14.7. The van der Waals surface area contributed by atoms with E-state index < -0.39 is 17.7 Å². The molecule has 0 aliphatic carbocycles. The van der Waals surface area contributed by atoms with E-state index >= 15 is 0 Å². The molecule has 0 radical (unpaired) electrons. The smallest absolute Gasteiger partial charge is 0.328 e. The van der Waals surface area contributed by atoms with Crippen LogP contribution < -0.4 is 15.2 Å². The number of carbonyl (C=O) groups is 1. The van der Waals surface area contributed by atoms with E-state index in [9.17, 15) is 15.0 Å². The minimum Gasteiger partial charge on any atom is -0.494 e. The summed E-state index contributed by atoms with van der Waals surface area (Å²) in [6.45, 7) is 3.13. The standard InChI is InChI=1S/C29H28N2O6/c1-18(31-23(32)13-14-24(31)33)37-28(34)29(2,30)16-21-15-22-25(19-9-5-3-6-10-19)26(27(21)36-17-35-22)20-11-7-4-8-12-20/h3-15,18,32-33H,16-17,30H2,1-2H3/t18?,29-/m0/s1. The molecule has 37 heavy (non-hydrogen) atoms. The molecule has 2 atom stereocenters. The lowest BCUT2D eigenvalue weighted by Crippen LogP contribution is -2.48. The Bertz CT molecular complexity index is 1410. The van der Waals surface area contributed by atoms with Gasteiger partial charge in [0, 0.05) is 35.2 Å². The molecule has 4 aromatic rings. The van der Waals surface area contributed by atoms with Gasteiger partial charge in [-0.1, -0.05) is 60.7 Å². The molecule has 4 N–H and O–H groups in total. The summed E-state index contributed by atoms with van der Waals surface area (Å²) in [5, 5.41) is 19.9. The van der Waals surface area contributed by atoms with E-state index in [1.807, 2.05) is 66.7 Å². The van der Waals surface area contributed by atoms with Gasteiger partial charge in [0.2, 0.25) is 6.79 Å². The van der Waals surface area contributed by atoms with Gasteiger partial charge < -0.3 is 30.2 Å². The monoisotopic (exact) mass is 500 g/mol. The number of hydrogen-bond donors (Lipinski definition) is 3. The average Bonchev–Trinajstić information content (AvgIpc) is 3.03. The zero-order valence-electron chi connectivity index (χ0n) is 20.5. The van der Waals surface area contributed by atoms with Crippen LogP contribution in [0.5, 0.6) is 23.3 Å². The Kier molecular flexibility index (Phi) is 6.27. The van der Waals surface area contributed by atoms with Crippen LogP contribution in [0, 0.1) is 0 Å². The van der Waals surface area contributed by atoms with Crippen LogP contribution in [0.1, 0.15) is 25.6 Å². The molecule has 1 unspecified atom stereocenters. The highest BCUT2D eigenvalue weighted by atomic mass is 16.7. The number of benzene rings is 3. The van der Waals surface area contributed by atoms with E-state index in [0.717, 1.165) is 26.8 Å². The molecular weight excluding hydrogens is 472 g/mol. The Morgan fingerprint density at radius 3 is 2.14 bits per heavy atom. The van der Waals surface area contributed by atoms with E-state index in [1.54, 1.807) is 6.92 Å². The highest BCUT2D eigenvalue weighted by molar-refractivity contribution is 5.93. The number of nitrogens with two attached hydrogens (primary N) is 1. The third kappa shape index (κ3) is 4.59. The molecule has 2 aliphatic rings. The predicted molar refractivity (Wildman–Crippen MR) is 138 cm³/mol. The first-order valence-electron chi connectivity index (χ1n) is 11.9. The summed E-state index contributed by atoms with van der Waals surface area (Å²) in [5.41, 5.74) is 9.43. The summed E-state index contributed by atoms with van der Waals surface area (Å²) in [4.78, 5) is 13.1. The summed E-state index contributed by atoms with van der Waals surface area (Å²) in [5.74, 6) is 0.0481. The van der Waals surface area contributed by atoms with E-state index in [1.165, 1.54) is 19.1 Å². The van der Waals surface area contributed by atoms with Crippen molar-refractivity contribution in [3.05, 3.63) is 84.4 Å². The van der Waals surface area contributed by atoms with Crippen LogP contribution in [0.15, 0.2) is 78.9 Å². The van der Waals surface area contributed by atoms with Crippen molar-refractivity contribution in [2.45, 2.75) is 32.0 Å². The highest BCUT2D eigenvalue weighted by Gasteiger charge is 2.36. The average molecular weight is 501 g/mol. The molecule has 0 spiro atoms. The fourth-order valence-electron chi connectivity index (χ4n) is 4.64. The number of fused-ring (bicyclic) bond motifs is 4. The molecule has 6 rings (SSSR count). The Hall–Kier alpha value is -4.43. The number of esters is 1. The molecule has 8 heteroatoms. The van der Waals surface area contributed by atoms with Gasteiger partial charge in [0.05, 0.1) is 0 Å². The van der Waals surface area contributed by atoms with Crippen LogP contribution in [0.3, 0.4) is 0 Å². The van der Waals surface area contributed by atoms with E-state index in [4.69, 9.17) is 19.9 Å². The summed E-state index contributed by atoms with van der Waals surface area (Å²) < 4.78 is 18.7. The van der Waals surface area contributed by atoms with Crippen LogP contribution in [0.4, 0.5) is 0 Å². The van der Waals surface area contributed by atoms with Gasteiger partial charge in [-0.3, -0.25) is 0 Å². The quantitative estimate of drug-likeness (QED) is 0.306. The van der Waals surface area contributed by atoms with Crippen molar-refractivity contribution in [1.82, 2.24) is 4.57 Å². The van der Waals surface area contributed by atoms with Crippen LogP contribution in [0.25, 0.3) is 22.3 Å². The fourth-order valence-corrected chi connectivity index (χ4v) is 4.64. The molecule has 1 aromatic heterocycles.